The third kappa shape index (κ3) is 4.40. The van der Waals surface area contributed by atoms with E-state index in [-0.39, 0.29) is 5.60 Å². The minimum atomic E-state index is -1.38. The van der Waals surface area contributed by atoms with Crippen LogP contribution in [-0.4, -0.2) is 21.7 Å². The zero-order valence-electron chi connectivity index (χ0n) is 18.5. The summed E-state index contributed by atoms with van der Waals surface area (Å²) < 4.78 is 6.73. The summed E-state index contributed by atoms with van der Waals surface area (Å²) in [6.45, 7) is 17.4. The van der Waals surface area contributed by atoms with Crippen LogP contribution in [0.1, 0.15) is 58.3 Å². The highest BCUT2D eigenvalue weighted by molar-refractivity contribution is 6.82. The second kappa shape index (κ2) is 7.27. The summed E-state index contributed by atoms with van der Waals surface area (Å²) in [5.41, 5.74) is 3.83. The molecule has 0 aromatic carbocycles. The molecule has 0 N–H and O–H groups in total. The summed E-state index contributed by atoms with van der Waals surface area (Å²) in [7, 11) is -2.50. The molecule has 1 aliphatic heterocycles. The van der Waals surface area contributed by atoms with Crippen molar-refractivity contribution in [3.05, 3.63) is 22.6 Å². The van der Waals surface area contributed by atoms with Gasteiger partial charge in [-0.3, -0.25) is 0 Å². The highest BCUT2D eigenvalue weighted by Crippen LogP contribution is 2.52. The summed E-state index contributed by atoms with van der Waals surface area (Å²) in [4.78, 5) is 0. The molecule has 2 saturated carbocycles. The Balaban J connectivity index is 1.99. The first-order valence-electron chi connectivity index (χ1n) is 11.1. The lowest BCUT2D eigenvalue weighted by Gasteiger charge is -2.44. The molecule has 0 saturated heterocycles. The molecule has 2 fully saturated rings. The topological polar surface area (TPSA) is 9.23 Å². The standard InChI is InChI=1S/C23H42OSi2/c1-23-15-11-14-19(21(23)16-22(24-23)26(5,6)7)20(17-25(2,3)4)18-12-9-8-10-13-18/h16,19,21H,8-15,17H2,1-7H3/t19-,21-,23+/m0/s1. The largest absolute Gasteiger partial charge is 0.497 e. The van der Waals surface area contributed by atoms with Gasteiger partial charge in [0, 0.05) is 14.0 Å². The van der Waals surface area contributed by atoms with Gasteiger partial charge in [0.25, 0.3) is 0 Å². The van der Waals surface area contributed by atoms with Crippen molar-refractivity contribution < 1.29 is 4.74 Å². The molecule has 2 aliphatic carbocycles. The second-order valence-corrected chi connectivity index (χ2v) is 22.1. The fourth-order valence-corrected chi connectivity index (χ4v) is 8.36. The molecule has 0 aromatic rings. The van der Waals surface area contributed by atoms with Crippen LogP contribution in [0.3, 0.4) is 0 Å². The van der Waals surface area contributed by atoms with Crippen molar-refractivity contribution in [3.8, 4) is 0 Å². The van der Waals surface area contributed by atoms with E-state index in [0.717, 1.165) is 5.92 Å². The SMILES string of the molecule is C[C@@]12CCC[C@@H](C(C[Si](C)(C)C)=C3CCCCC3)[C@@H]1C=C([Si](C)(C)C)O2. The zero-order valence-corrected chi connectivity index (χ0v) is 20.5. The second-order valence-electron chi connectivity index (χ2n) is 11.6. The number of hydrogen-bond acceptors (Lipinski definition) is 1. The zero-order chi connectivity index (χ0) is 19.2. The first-order chi connectivity index (χ1) is 12.0. The lowest BCUT2D eigenvalue weighted by atomic mass is 9.66. The van der Waals surface area contributed by atoms with Crippen LogP contribution in [0.25, 0.3) is 0 Å². The van der Waals surface area contributed by atoms with Crippen LogP contribution < -0.4 is 0 Å². The van der Waals surface area contributed by atoms with Gasteiger partial charge in [0.15, 0.2) is 0 Å². The Morgan fingerprint density at radius 1 is 1.04 bits per heavy atom. The summed E-state index contributed by atoms with van der Waals surface area (Å²) >= 11 is 0. The summed E-state index contributed by atoms with van der Waals surface area (Å²) in [6, 6.07) is 1.41. The minimum absolute atomic E-state index is 0.0679. The Hall–Kier alpha value is -0.286. The van der Waals surface area contributed by atoms with Crippen LogP contribution in [0.2, 0.25) is 45.3 Å². The molecule has 0 spiro atoms. The molecule has 0 unspecified atom stereocenters. The van der Waals surface area contributed by atoms with Gasteiger partial charge in [0.2, 0.25) is 0 Å². The highest BCUT2D eigenvalue weighted by atomic mass is 28.3. The van der Waals surface area contributed by atoms with Gasteiger partial charge in [-0.2, -0.15) is 0 Å². The third-order valence-electron chi connectivity index (χ3n) is 6.82. The van der Waals surface area contributed by atoms with E-state index in [4.69, 9.17) is 4.74 Å². The maximum absolute atomic E-state index is 6.73. The molecule has 1 nitrogen and oxygen atoms in total. The molecule has 148 valence electrons. The molecule has 3 atom stereocenters. The lowest BCUT2D eigenvalue weighted by Crippen LogP contribution is -2.42. The van der Waals surface area contributed by atoms with E-state index in [2.05, 4.69) is 52.3 Å². The molecular formula is C23H42OSi2. The van der Waals surface area contributed by atoms with E-state index in [1.807, 2.05) is 11.1 Å². The van der Waals surface area contributed by atoms with Gasteiger partial charge < -0.3 is 4.74 Å². The third-order valence-corrected chi connectivity index (χ3v) is 10.0. The predicted octanol–water partition coefficient (Wildman–Crippen LogP) is 7.55. The molecule has 0 bridgehead atoms. The Kier molecular flexibility index (Phi) is 5.72. The van der Waals surface area contributed by atoms with E-state index < -0.39 is 16.1 Å². The van der Waals surface area contributed by atoms with Gasteiger partial charge in [0.05, 0.1) is 5.38 Å². The van der Waals surface area contributed by atoms with Crippen LogP contribution in [0.5, 0.6) is 0 Å². The van der Waals surface area contributed by atoms with Crippen molar-refractivity contribution >= 4 is 16.1 Å². The highest BCUT2D eigenvalue weighted by Gasteiger charge is 2.50. The molecule has 3 aliphatic rings. The van der Waals surface area contributed by atoms with E-state index >= 15 is 0 Å². The van der Waals surface area contributed by atoms with Crippen molar-refractivity contribution in [3.63, 3.8) is 0 Å². The summed E-state index contributed by atoms with van der Waals surface area (Å²) in [5.74, 6) is 1.38. The Bertz CT molecular complexity index is 582. The van der Waals surface area contributed by atoms with Crippen molar-refractivity contribution in [1.82, 2.24) is 0 Å². The lowest BCUT2D eigenvalue weighted by molar-refractivity contribution is -0.0247. The molecule has 26 heavy (non-hydrogen) atoms. The van der Waals surface area contributed by atoms with Crippen molar-refractivity contribution in [1.29, 1.82) is 0 Å². The van der Waals surface area contributed by atoms with Crippen molar-refractivity contribution in [2.45, 2.75) is 109 Å². The van der Waals surface area contributed by atoms with Crippen LogP contribution in [-0.2, 0) is 4.74 Å². The summed E-state index contributed by atoms with van der Waals surface area (Å²) in [5, 5.41) is 1.39. The molecule has 0 amide bonds. The number of hydrogen-bond donors (Lipinski definition) is 0. The smallest absolute Gasteiger partial charge is 0.122 e. The van der Waals surface area contributed by atoms with Crippen molar-refractivity contribution in [2.24, 2.45) is 11.8 Å². The monoisotopic (exact) mass is 390 g/mol. The van der Waals surface area contributed by atoms with Crippen molar-refractivity contribution in [2.75, 3.05) is 0 Å². The average molecular weight is 391 g/mol. The van der Waals surface area contributed by atoms with Gasteiger partial charge in [-0.1, -0.05) is 56.8 Å². The molecule has 0 radical (unpaired) electrons. The normalized spacial score (nSPS) is 32.7. The number of fused-ring (bicyclic) bond motifs is 1. The quantitative estimate of drug-likeness (QED) is 0.355. The van der Waals surface area contributed by atoms with Crippen LogP contribution in [0, 0.1) is 11.8 Å². The van der Waals surface area contributed by atoms with Gasteiger partial charge in [-0.05, 0) is 69.9 Å². The van der Waals surface area contributed by atoms with Crippen LogP contribution >= 0.6 is 0 Å². The first-order valence-corrected chi connectivity index (χ1v) is 18.3. The van der Waals surface area contributed by atoms with Gasteiger partial charge in [-0.15, -0.1) is 0 Å². The van der Waals surface area contributed by atoms with Crippen LogP contribution in [0.15, 0.2) is 22.6 Å². The predicted molar refractivity (Wildman–Crippen MR) is 120 cm³/mol. The fraction of sp³-hybridized carbons (Fsp3) is 0.826. The number of ether oxygens (including phenoxy) is 1. The number of allylic oxidation sites excluding steroid dienone is 2. The van der Waals surface area contributed by atoms with E-state index in [0.29, 0.717) is 5.92 Å². The maximum Gasteiger partial charge on any atom is 0.122 e. The molecule has 3 rings (SSSR count). The summed E-state index contributed by atoms with van der Waals surface area (Å²) in [6.07, 6.45) is 13.6. The van der Waals surface area contributed by atoms with E-state index in [1.165, 1.54) is 62.8 Å². The minimum Gasteiger partial charge on any atom is -0.497 e. The number of rotatable bonds is 4. The Labute approximate surface area is 164 Å². The van der Waals surface area contributed by atoms with Gasteiger partial charge in [-0.25, -0.2) is 0 Å². The Morgan fingerprint density at radius 3 is 2.27 bits per heavy atom. The molecule has 3 heteroatoms. The van der Waals surface area contributed by atoms with Crippen LogP contribution in [0.4, 0.5) is 0 Å². The first kappa shape index (κ1) is 20.4. The maximum atomic E-state index is 6.73. The Morgan fingerprint density at radius 2 is 1.69 bits per heavy atom. The molecule has 1 heterocycles. The average Bonchev–Trinajstić information content (AvgIpc) is 2.90. The molecule has 0 aromatic heterocycles. The van der Waals surface area contributed by atoms with E-state index in [9.17, 15) is 0 Å². The molecular weight excluding hydrogens is 348 g/mol. The van der Waals surface area contributed by atoms with Gasteiger partial charge >= 0.3 is 0 Å². The fourth-order valence-electron chi connectivity index (χ4n) is 5.49. The van der Waals surface area contributed by atoms with Gasteiger partial charge in [0.1, 0.15) is 13.7 Å². The van der Waals surface area contributed by atoms with E-state index in [1.54, 1.807) is 0 Å².